The summed E-state index contributed by atoms with van der Waals surface area (Å²) in [4.78, 5) is 24.8. The van der Waals surface area contributed by atoms with E-state index in [2.05, 4.69) is 10.3 Å². The molecule has 24 heavy (non-hydrogen) atoms. The summed E-state index contributed by atoms with van der Waals surface area (Å²) < 4.78 is 7.08. The first-order valence-corrected chi connectivity index (χ1v) is 7.13. The molecule has 3 rings (SSSR count). The van der Waals surface area contributed by atoms with Crippen molar-refractivity contribution in [3.63, 3.8) is 0 Å². The van der Waals surface area contributed by atoms with Gasteiger partial charge in [-0.2, -0.15) is 0 Å². The fraction of sp³-hybridized carbons (Fsp3) is 0.571. The van der Waals surface area contributed by atoms with Crippen molar-refractivity contribution in [1.82, 2.24) is 19.9 Å². The van der Waals surface area contributed by atoms with Gasteiger partial charge in [0.2, 0.25) is 5.91 Å². The van der Waals surface area contributed by atoms with E-state index in [1.54, 1.807) is 27.8 Å². The van der Waals surface area contributed by atoms with Crippen LogP contribution >= 0.6 is 0 Å². The summed E-state index contributed by atoms with van der Waals surface area (Å²) in [5.41, 5.74) is -0.655. The van der Waals surface area contributed by atoms with Crippen molar-refractivity contribution in [2.24, 2.45) is 18.4 Å². The molecule has 10 heteroatoms. The topological polar surface area (TPSA) is 121 Å². The average molecular weight is 344 g/mol. The third-order valence-corrected chi connectivity index (χ3v) is 3.92. The number of aliphatic hydroxyl groups is 1. The van der Waals surface area contributed by atoms with Gasteiger partial charge in [0.05, 0.1) is 12.2 Å². The Labute approximate surface area is 160 Å². The van der Waals surface area contributed by atoms with Gasteiger partial charge in [0, 0.05) is 12.5 Å². The molecule has 1 aromatic heterocycles. The molecule has 0 aromatic carbocycles. The molecule has 3 atom stereocenters. The second kappa shape index (κ2) is 6.14. The van der Waals surface area contributed by atoms with Gasteiger partial charge in [0.25, 0.3) is 0 Å². The number of aliphatic carboxylic acids is 1. The van der Waals surface area contributed by atoms with Crippen molar-refractivity contribution in [3.05, 3.63) is 23.3 Å². The van der Waals surface area contributed by atoms with E-state index in [0.29, 0.717) is 0 Å². The van der Waals surface area contributed by atoms with Gasteiger partial charge in [-0.25, -0.2) is 0 Å². The van der Waals surface area contributed by atoms with E-state index in [1.165, 1.54) is 10.9 Å². The molecule has 3 heterocycles. The van der Waals surface area contributed by atoms with Crippen LogP contribution in [0.2, 0.25) is 0 Å². The predicted octanol–water partition coefficient (Wildman–Crippen LogP) is -4.33. The summed E-state index contributed by atoms with van der Waals surface area (Å²) in [5.74, 6) is -2.77. The van der Waals surface area contributed by atoms with E-state index in [0.717, 1.165) is 4.90 Å². The Bertz CT molecular complexity index is 723. The number of amides is 1. The number of ether oxygens (including phenoxy) is 1. The van der Waals surface area contributed by atoms with Crippen LogP contribution in [0.3, 0.4) is 0 Å². The van der Waals surface area contributed by atoms with Gasteiger partial charge >= 0.3 is 29.6 Å². The van der Waals surface area contributed by atoms with Gasteiger partial charge in [-0.1, -0.05) is 26.0 Å². The van der Waals surface area contributed by atoms with E-state index in [-0.39, 0.29) is 46.7 Å². The van der Waals surface area contributed by atoms with Gasteiger partial charge < -0.3 is 19.7 Å². The first-order valence-electron chi connectivity index (χ1n) is 7.13. The van der Waals surface area contributed by atoms with Crippen molar-refractivity contribution in [2.75, 3.05) is 0 Å². The molecule has 0 radical (unpaired) electrons. The van der Waals surface area contributed by atoms with Crippen LogP contribution in [0, 0.1) is 11.3 Å². The Morgan fingerprint density at radius 1 is 1.46 bits per heavy atom. The number of nitrogens with zero attached hydrogens (tertiary/aromatic N) is 4. The number of carboxylic acids is 1. The summed E-state index contributed by atoms with van der Waals surface area (Å²) in [6.45, 7) is 5.32. The van der Waals surface area contributed by atoms with Crippen LogP contribution in [-0.2, 0) is 21.4 Å². The second-order valence-electron chi connectivity index (χ2n) is 6.72. The second-order valence-corrected chi connectivity index (χ2v) is 6.72. The molecule has 0 saturated carbocycles. The van der Waals surface area contributed by atoms with Gasteiger partial charge in [-0.3, -0.25) is 14.4 Å². The third kappa shape index (κ3) is 2.75. The van der Waals surface area contributed by atoms with E-state index in [1.807, 2.05) is 0 Å². The number of carboxylic acid groups (broad SMARTS) is 1. The third-order valence-electron chi connectivity index (χ3n) is 3.92. The molecule has 2 aliphatic rings. The minimum atomic E-state index is -1.47. The summed E-state index contributed by atoms with van der Waals surface area (Å²) in [6, 6.07) is 0. The average Bonchev–Trinajstić information content (AvgIpc) is 2.99. The van der Waals surface area contributed by atoms with Crippen LogP contribution in [0.5, 0.6) is 0 Å². The molecular weight excluding hydrogens is 327 g/mol. The largest absolute Gasteiger partial charge is 1.00 e. The molecule has 1 aromatic rings. The molecule has 0 spiro atoms. The first-order chi connectivity index (χ1) is 10.6. The molecule has 0 unspecified atom stereocenters. The molecule has 1 fully saturated rings. The maximum atomic E-state index is 12.4. The number of fused-ring (bicyclic) bond motifs is 1. The van der Waals surface area contributed by atoms with Crippen molar-refractivity contribution in [2.45, 2.75) is 33.1 Å². The Morgan fingerprint density at radius 2 is 2.08 bits per heavy atom. The summed E-state index contributed by atoms with van der Waals surface area (Å²) in [5, 5.41) is 29.3. The molecule has 0 aliphatic carbocycles. The number of carbonyl (C=O) groups excluding carboxylic acids is 2. The minimum Gasteiger partial charge on any atom is -0.543 e. The monoisotopic (exact) mass is 344 g/mol. The van der Waals surface area contributed by atoms with Gasteiger partial charge in [0.15, 0.2) is 6.23 Å². The summed E-state index contributed by atoms with van der Waals surface area (Å²) in [7, 11) is 1.64. The molecular formula is C14H17N4NaO5. The van der Waals surface area contributed by atoms with Crippen molar-refractivity contribution in [3.8, 4) is 0 Å². The van der Waals surface area contributed by atoms with Crippen molar-refractivity contribution < 1.29 is 54.1 Å². The zero-order chi connectivity index (χ0) is 17.1. The SMILES string of the molecule is Cn1cc([C@@H](O)[C@H]2C(=O)N3C(C(=O)[O-])=C(C(C)(C)C)O[C@H]23)nn1.[Na+]. The fourth-order valence-corrected chi connectivity index (χ4v) is 2.83. The first kappa shape index (κ1) is 18.9. The van der Waals surface area contributed by atoms with Crippen molar-refractivity contribution >= 4 is 11.9 Å². The Balaban J connectivity index is 0.00000208. The van der Waals surface area contributed by atoms with E-state index in [9.17, 15) is 19.8 Å². The molecule has 1 N–H and O–H groups in total. The normalized spacial score (nSPS) is 24.0. The van der Waals surface area contributed by atoms with Crippen LogP contribution in [0.15, 0.2) is 17.7 Å². The Kier molecular flexibility index (Phi) is 4.84. The van der Waals surface area contributed by atoms with Crippen LogP contribution in [0.25, 0.3) is 0 Å². The molecule has 1 amide bonds. The predicted molar refractivity (Wildman–Crippen MR) is 72.7 cm³/mol. The molecule has 1 saturated heterocycles. The number of aliphatic hydroxyl groups excluding tert-OH is 1. The number of rotatable bonds is 3. The quantitative estimate of drug-likeness (QED) is 0.435. The van der Waals surface area contributed by atoms with Crippen LogP contribution < -0.4 is 34.7 Å². The van der Waals surface area contributed by atoms with E-state index >= 15 is 0 Å². The van der Waals surface area contributed by atoms with Gasteiger partial charge in [0.1, 0.15) is 29.2 Å². The maximum absolute atomic E-state index is 12.4. The zero-order valence-electron chi connectivity index (χ0n) is 14.2. The Hall–Kier alpha value is -1.42. The number of hydrogen-bond acceptors (Lipinski definition) is 7. The smallest absolute Gasteiger partial charge is 0.543 e. The molecule has 2 aliphatic heterocycles. The van der Waals surface area contributed by atoms with Gasteiger partial charge in [-0.05, 0) is 0 Å². The number of β-lactam (4-membered cyclic amide) rings is 1. The van der Waals surface area contributed by atoms with Crippen LogP contribution in [-0.4, -0.2) is 43.1 Å². The Morgan fingerprint density at radius 3 is 2.54 bits per heavy atom. The van der Waals surface area contributed by atoms with Gasteiger partial charge in [-0.15, -0.1) is 5.10 Å². The van der Waals surface area contributed by atoms with E-state index in [4.69, 9.17) is 4.74 Å². The zero-order valence-corrected chi connectivity index (χ0v) is 16.2. The minimum absolute atomic E-state index is 0. The molecule has 9 nitrogen and oxygen atoms in total. The number of carbonyl (C=O) groups is 2. The number of aromatic nitrogens is 3. The van der Waals surface area contributed by atoms with E-state index < -0.39 is 35.5 Å². The molecule has 124 valence electrons. The maximum Gasteiger partial charge on any atom is 1.00 e. The summed E-state index contributed by atoms with van der Waals surface area (Å²) >= 11 is 0. The van der Waals surface area contributed by atoms with Crippen LogP contribution in [0.4, 0.5) is 0 Å². The molecule has 0 bridgehead atoms. The number of hydrogen-bond donors (Lipinski definition) is 1. The van der Waals surface area contributed by atoms with Crippen LogP contribution in [0.1, 0.15) is 32.6 Å². The number of aryl methyl sites for hydroxylation is 1. The standard InChI is InChI=1S/C14H18N4O5.Na/c1-14(2,3)10-8(13(21)22)18-11(20)7(12(18)23-10)9(19)6-5-17(4)16-15-6;/h5,7,9,12,19H,1-4H3,(H,21,22);/q;+1/p-1/t7-,9+,12+;/m0./s1. The fourth-order valence-electron chi connectivity index (χ4n) is 2.83. The number of allylic oxidation sites excluding steroid dienone is 1. The van der Waals surface area contributed by atoms with Crippen molar-refractivity contribution in [1.29, 1.82) is 0 Å². The summed E-state index contributed by atoms with van der Waals surface area (Å²) in [6.07, 6.45) is -0.603.